The van der Waals surface area contributed by atoms with Crippen molar-refractivity contribution in [1.29, 1.82) is 0 Å². The maximum absolute atomic E-state index is 12.9. The molecule has 0 aliphatic heterocycles. The third-order valence-corrected chi connectivity index (χ3v) is 6.48. The number of nitrogens with two attached hydrogens (primary N) is 1. The van der Waals surface area contributed by atoms with Crippen LogP contribution in [0.5, 0.6) is 0 Å². The molecule has 30 heavy (non-hydrogen) atoms. The van der Waals surface area contributed by atoms with Gasteiger partial charge in [0.05, 0.1) is 27.1 Å². The van der Waals surface area contributed by atoms with E-state index in [4.69, 9.17) is 5.73 Å². The van der Waals surface area contributed by atoms with Gasteiger partial charge in [0, 0.05) is 17.4 Å². The molecule has 3 aromatic rings. The van der Waals surface area contributed by atoms with E-state index in [0.29, 0.717) is 11.2 Å². The molecule has 1 fully saturated rings. The smallest absolute Gasteiger partial charge is 0.364 e. The van der Waals surface area contributed by atoms with Crippen molar-refractivity contribution in [2.24, 2.45) is 11.7 Å². The number of fused-ring (bicyclic) bond motifs is 1. The van der Waals surface area contributed by atoms with Crippen LogP contribution >= 0.6 is 11.3 Å². The number of hydrogen-bond acceptors (Lipinski definition) is 6. The standard InChI is InChI=1S/C20H17F3N4O2S/c21-20(22,23)16-6-5-12(17(27-16)18(24)29)13-7-15-14(8-25-13)26-19(30-15)11-3-1-10(9-28)2-4-11/h5-11H,1-4H2,(H2,24,29). The molecular formula is C20H17F3N4O2S. The maximum atomic E-state index is 12.9. The summed E-state index contributed by atoms with van der Waals surface area (Å²) in [5.41, 5.74) is 4.72. The molecular weight excluding hydrogens is 417 g/mol. The lowest BCUT2D eigenvalue weighted by Crippen LogP contribution is -2.18. The molecule has 0 radical (unpaired) electrons. The Balaban J connectivity index is 1.69. The molecule has 0 unspecified atom stereocenters. The Morgan fingerprint density at radius 2 is 1.90 bits per heavy atom. The summed E-state index contributed by atoms with van der Waals surface area (Å²) in [5, 5.41) is 0.953. The monoisotopic (exact) mass is 434 g/mol. The Morgan fingerprint density at radius 3 is 2.53 bits per heavy atom. The first kappa shape index (κ1) is 20.4. The highest BCUT2D eigenvalue weighted by Gasteiger charge is 2.34. The molecule has 6 nitrogen and oxygen atoms in total. The van der Waals surface area contributed by atoms with Crippen LogP contribution < -0.4 is 5.73 Å². The van der Waals surface area contributed by atoms with E-state index in [1.54, 1.807) is 6.07 Å². The normalized spacial score (nSPS) is 19.7. The van der Waals surface area contributed by atoms with Crippen molar-refractivity contribution in [3.63, 3.8) is 0 Å². The lowest BCUT2D eigenvalue weighted by atomic mass is 9.83. The van der Waals surface area contributed by atoms with Crippen LogP contribution in [0, 0.1) is 5.92 Å². The van der Waals surface area contributed by atoms with Gasteiger partial charge >= 0.3 is 6.18 Å². The average molecular weight is 434 g/mol. The minimum absolute atomic E-state index is 0.114. The molecule has 3 heterocycles. The van der Waals surface area contributed by atoms with Gasteiger partial charge in [-0.25, -0.2) is 9.97 Å². The Hall–Kier alpha value is -2.88. The summed E-state index contributed by atoms with van der Waals surface area (Å²) < 4.78 is 39.6. The molecule has 1 amide bonds. The highest BCUT2D eigenvalue weighted by Crippen LogP contribution is 2.39. The van der Waals surface area contributed by atoms with Crippen LogP contribution in [0.4, 0.5) is 13.2 Å². The molecule has 0 bridgehead atoms. The van der Waals surface area contributed by atoms with Gasteiger partial charge in [-0.15, -0.1) is 11.3 Å². The van der Waals surface area contributed by atoms with Crippen LogP contribution in [0.25, 0.3) is 21.5 Å². The molecule has 3 aromatic heterocycles. The maximum Gasteiger partial charge on any atom is 0.433 e. The molecule has 1 saturated carbocycles. The Bertz CT molecular complexity index is 1120. The Labute approximate surface area is 173 Å². The number of hydrogen-bond donors (Lipinski definition) is 1. The van der Waals surface area contributed by atoms with Crippen LogP contribution in [0.1, 0.15) is 52.8 Å². The van der Waals surface area contributed by atoms with Crippen LogP contribution in [0.3, 0.4) is 0 Å². The number of carbonyl (C=O) groups excluding carboxylic acids is 2. The van der Waals surface area contributed by atoms with Gasteiger partial charge in [0.1, 0.15) is 17.7 Å². The fraction of sp³-hybridized carbons (Fsp3) is 0.350. The number of aldehydes is 1. The minimum Gasteiger partial charge on any atom is -0.364 e. The van der Waals surface area contributed by atoms with Gasteiger partial charge in [0.2, 0.25) is 0 Å². The predicted molar refractivity (Wildman–Crippen MR) is 105 cm³/mol. The van der Waals surface area contributed by atoms with Crippen LogP contribution in [0.15, 0.2) is 24.4 Å². The zero-order chi connectivity index (χ0) is 21.5. The van der Waals surface area contributed by atoms with E-state index < -0.39 is 23.5 Å². The highest BCUT2D eigenvalue weighted by atomic mass is 32.1. The fourth-order valence-electron chi connectivity index (χ4n) is 3.69. The van der Waals surface area contributed by atoms with E-state index in [1.165, 1.54) is 17.5 Å². The Kier molecular flexibility index (Phi) is 5.27. The number of thiazole rings is 1. The lowest BCUT2D eigenvalue weighted by molar-refractivity contribution is -0.141. The van der Waals surface area contributed by atoms with Crippen LogP contribution in [-0.4, -0.2) is 27.1 Å². The number of nitrogens with zero attached hydrogens (tertiary/aromatic N) is 3. The van der Waals surface area contributed by atoms with Crippen molar-refractivity contribution in [2.75, 3.05) is 0 Å². The van der Waals surface area contributed by atoms with E-state index in [9.17, 15) is 22.8 Å². The van der Waals surface area contributed by atoms with Crippen molar-refractivity contribution in [2.45, 2.75) is 37.8 Å². The first-order chi connectivity index (χ1) is 14.3. The first-order valence-corrected chi connectivity index (χ1v) is 10.2. The highest BCUT2D eigenvalue weighted by molar-refractivity contribution is 7.18. The third-order valence-electron chi connectivity index (χ3n) is 5.30. The summed E-state index contributed by atoms with van der Waals surface area (Å²) in [6, 6.07) is 3.65. The fourth-order valence-corrected chi connectivity index (χ4v) is 4.83. The molecule has 0 saturated heterocycles. The average Bonchev–Trinajstić information content (AvgIpc) is 3.16. The second-order valence-corrected chi connectivity index (χ2v) is 8.35. The largest absolute Gasteiger partial charge is 0.433 e. The number of primary amides is 1. The second kappa shape index (κ2) is 7.75. The van der Waals surface area contributed by atoms with Crippen LogP contribution in [-0.2, 0) is 11.0 Å². The summed E-state index contributed by atoms with van der Waals surface area (Å²) >= 11 is 1.49. The summed E-state index contributed by atoms with van der Waals surface area (Å²) in [6.45, 7) is 0. The predicted octanol–water partition coefficient (Wildman–Crippen LogP) is 4.34. The van der Waals surface area contributed by atoms with Crippen molar-refractivity contribution >= 4 is 33.7 Å². The first-order valence-electron chi connectivity index (χ1n) is 9.36. The number of halogens is 3. The summed E-state index contributed by atoms with van der Waals surface area (Å²) in [5.74, 6) is -0.672. The molecule has 1 aliphatic rings. The van der Waals surface area contributed by atoms with E-state index in [2.05, 4.69) is 15.0 Å². The second-order valence-electron chi connectivity index (χ2n) is 7.29. The zero-order valence-electron chi connectivity index (χ0n) is 15.6. The van der Waals surface area contributed by atoms with Crippen molar-refractivity contribution in [1.82, 2.24) is 15.0 Å². The minimum atomic E-state index is -4.68. The van der Waals surface area contributed by atoms with Gasteiger partial charge in [-0.2, -0.15) is 13.2 Å². The number of alkyl halides is 3. The number of aromatic nitrogens is 3. The summed E-state index contributed by atoms with van der Waals surface area (Å²) in [4.78, 5) is 35.0. The summed E-state index contributed by atoms with van der Waals surface area (Å²) in [6.07, 6.45) is 1.31. The van der Waals surface area contributed by atoms with Gasteiger partial charge < -0.3 is 10.5 Å². The molecule has 10 heteroatoms. The van der Waals surface area contributed by atoms with E-state index in [0.717, 1.165) is 53.8 Å². The number of rotatable bonds is 4. The van der Waals surface area contributed by atoms with Gasteiger partial charge in [-0.1, -0.05) is 0 Å². The number of amides is 1. The number of carbonyl (C=O) groups is 2. The van der Waals surface area contributed by atoms with Crippen LogP contribution in [0.2, 0.25) is 0 Å². The number of pyridine rings is 2. The zero-order valence-corrected chi connectivity index (χ0v) is 16.5. The third kappa shape index (κ3) is 3.91. The molecule has 1 aliphatic carbocycles. The van der Waals surface area contributed by atoms with Gasteiger partial charge in [-0.3, -0.25) is 9.78 Å². The topological polar surface area (TPSA) is 98.8 Å². The summed E-state index contributed by atoms with van der Waals surface area (Å²) in [7, 11) is 0. The van der Waals surface area contributed by atoms with Crippen molar-refractivity contribution in [3.8, 4) is 11.3 Å². The lowest BCUT2D eigenvalue weighted by Gasteiger charge is -2.23. The SMILES string of the molecule is NC(=O)c1nc(C(F)(F)F)ccc1-c1cc2sc(C3CCC(C=O)CC3)nc2cn1. The molecule has 2 N–H and O–H groups in total. The quantitative estimate of drug-likeness (QED) is 0.616. The van der Waals surface area contributed by atoms with Crippen molar-refractivity contribution < 1.29 is 22.8 Å². The van der Waals surface area contributed by atoms with E-state index in [1.807, 2.05) is 0 Å². The van der Waals surface area contributed by atoms with E-state index >= 15 is 0 Å². The molecule has 0 spiro atoms. The molecule has 156 valence electrons. The Morgan fingerprint density at radius 1 is 1.17 bits per heavy atom. The van der Waals surface area contributed by atoms with Gasteiger partial charge in [0.15, 0.2) is 0 Å². The van der Waals surface area contributed by atoms with E-state index in [-0.39, 0.29) is 17.4 Å². The molecule has 4 rings (SSSR count). The molecule has 0 atom stereocenters. The van der Waals surface area contributed by atoms with Gasteiger partial charge in [0.25, 0.3) is 5.91 Å². The molecule has 0 aromatic carbocycles. The van der Waals surface area contributed by atoms with Gasteiger partial charge in [-0.05, 0) is 43.9 Å². The van der Waals surface area contributed by atoms with Crippen molar-refractivity contribution in [3.05, 3.63) is 40.8 Å².